The molecule has 1 rings (SSSR count). The average molecular weight is 249 g/mol. The molecular formula is C13H19N3O2. The van der Waals surface area contributed by atoms with Gasteiger partial charge in [0.25, 0.3) is 0 Å². The van der Waals surface area contributed by atoms with Crippen molar-refractivity contribution < 1.29 is 9.59 Å². The number of amides is 2. The highest BCUT2D eigenvalue weighted by Crippen LogP contribution is 2.01. The summed E-state index contributed by atoms with van der Waals surface area (Å²) >= 11 is 0. The molecule has 0 spiro atoms. The third-order valence-corrected chi connectivity index (χ3v) is 2.31. The van der Waals surface area contributed by atoms with Crippen LogP contribution in [0.3, 0.4) is 0 Å². The summed E-state index contributed by atoms with van der Waals surface area (Å²) in [5, 5.41) is 2.76. The highest BCUT2D eigenvalue weighted by atomic mass is 16.2. The summed E-state index contributed by atoms with van der Waals surface area (Å²) in [4.78, 5) is 28.7. The molecule has 0 fully saturated rings. The molecule has 0 aromatic carbocycles. The minimum Gasteiger partial charge on any atom is -0.352 e. The lowest BCUT2D eigenvalue weighted by atomic mass is 10.3. The first-order valence-corrected chi connectivity index (χ1v) is 5.94. The second-order valence-electron chi connectivity index (χ2n) is 4.42. The van der Waals surface area contributed by atoms with E-state index in [1.54, 1.807) is 6.20 Å². The Balaban J connectivity index is 2.61. The highest BCUT2D eigenvalue weighted by molar-refractivity contribution is 5.83. The number of pyridine rings is 1. The van der Waals surface area contributed by atoms with Gasteiger partial charge in [-0.1, -0.05) is 6.07 Å². The fourth-order valence-corrected chi connectivity index (χ4v) is 1.51. The van der Waals surface area contributed by atoms with Crippen molar-refractivity contribution in [2.75, 3.05) is 6.54 Å². The third-order valence-electron chi connectivity index (χ3n) is 2.31. The molecule has 0 aliphatic rings. The monoisotopic (exact) mass is 249 g/mol. The van der Waals surface area contributed by atoms with Gasteiger partial charge in [0.1, 0.15) is 0 Å². The van der Waals surface area contributed by atoms with E-state index in [0.29, 0.717) is 6.54 Å². The zero-order valence-corrected chi connectivity index (χ0v) is 11.0. The summed E-state index contributed by atoms with van der Waals surface area (Å²) in [5.41, 5.74) is 0.769. The standard InChI is InChI=1S/C13H19N3O2/c1-10(2)15-13(18)9-16(11(3)17)8-12-6-4-5-7-14-12/h4-7,10H,8-9H2,1-3H3,(H,15,18). The number of hydrogen-bond donors (Lipinski definition) is 1. The van der Waals surface area contributed by atoms with Gasteiger partial charge in [-0.05, 0) is 26.0 Å². The van der Waals surface area contributed by atoms with Crippen LogP contribution in [0.5, 0.6) is 0 Å². The van der Waals surface area contributed by atoms with E-state index in [1.807, 2.05) is 32.0 Å². The molecule has 0 saturated carbocycles. The fraction of sp³-hybridized carbons (Fsp3) is 0.462. The molecule has 98 valence electrons. The van der Waals surface area contributed by atoms with E-state index in [2.05, 4.69) is 10.3 Å². The van der Waals surface area contributed by atoms with Crippen molar-refractivity contribution >= 4 is 11.8 Å². The first-order valence-electron chi connectivity index (χ1n) is 5.94. The van der Waals surface area contributed by atoms with Crippen LogP contribution in [0.2, 0.25) is 0 Å². The molecule has 0 radical (unpaired) electrons. The van der Waals surface area contributed by atoms with E-state index in [4.69, 9.17) is 0 Å². The minimum atomic E-state index is -0.156. The molecule has 0 saturated heterocycles. The van der Waals surface area contributed by atoms with Gasteiger partial charge in [0.15, 0.2) is 0 Å². The fourth-order valence-electron chi connectivity index (χ4n) is 1.51. The van der Waals surface area contributed by atoms with Crippen LogP contribution in [0.25, 0.3) is 0 Å². The highest BCUT2D eigenvalue weighted by Gasteiger charge is 2.14. The number of nitrogens with zero attached hydrogens (tertiary/aromatic N) is 2. The molecule has 0 aliphatic heterocycles. The SMILES string of the molecule is CC(=O)N(CC(=O)NC(C)C)Cc1ccccn1. The Morgan fingerprint density at radius 3 is 2.61 bits per heavy atom. The number of aromatic nitrogens is 1. The maximum absolute atomic E-state index is 11.6. The zero-order valence-electron chi connectivity index (χ0n) is 11.0. The smallest absolute Gasteiger partial charge is 0.239 e. The van der Waals surface area contributed by atoms with Crippen molar-refractivity contribution in [3.8, 4) is 0 Å². The third kappa shape index (κ3) is 4.95. The number of hydrogen-bond acceptors (Lipinski definition) is 3. The summed E-state index contributed by atoms with van der Waals surface area (Å²) in [6, 6.07) is 5.57. The Bertz CT molecular complexity index is 404. The predicted molar refractivity (Wildman–Crippen MR) is 68.6 cm³/mol. The van der Waals surface area contributed by atoms with Crippen molar-refractivity contribution in [1.82, 2.24) is 15.2 Å². The minimum absolute atomic E-state index is 0.0596. The number of rotatable bonds is 5. The maximum Gasteiger partial charge on any atom is 0.239 e. The van der Waals surface area contributed by atoms with Crippen LogP contribution >= 0.6 is 0 Å². The lowest BCUT2D eigenvalue weighted by molar-refractivity contribution is -0.135. The van der Waals surface area contributed by atoms with Crippen molar-refractivity contribution in [2.45, 2.75) is 33.4 Å². The quantitative estimate of drug-likeness (QED) is 0.845. The van der Waals surface area contributed by atoms with Gasteiger partial charge in [-0.3, -0.25) is 14.6 Å². The average Bonchev–Trinajstić information content (AvgIpc) is 2.28. The van der Waals surface area contributed by atoms with Crippen LogP contribution in [0.1, 0.15) is 26.5 Å². The molecule has 0 bridgehead atoms. The van der Waals surface area contributed by atoms with Crippen LogP contribution in [-0.2, 0) is 16.1 Å². The first kappa shape index (κ1) is 14.2. The van der Waals surface area contributed by atoms with Crippen molar-refractivity contribution in [1.29, 1.82) is 0 Å². The van der Waals surface area contributed by atoms with Gasteiger partial charge in [-0.25, -0.2) is 0 Å². The molecule has 0 aliphatic carbocycles. The summed E-state index contributed by atoms with van der Waals surface area (Å²) in [6.45, 7) is 5.63. The molecule has 0 atom stereocenters. The van der Waals surface area contributed by atoms with Crippen molar-refractivity contribution in [2.24, 2.45) is 0 Å². The lowest BCUT2D eigenvalue weighted by Crippen LogP contribution is -2.41. The Morgan fingerprint density at radius 2 is 2.11 bits per heavy atom. The molecule has 1 N–H and O–H groups in total. The van der Waals surface area contributed by atoms with Gasteiger partial charge >= 0.3 is 0 Å². The second-order valence-corrected chi connectivity index (χ2v) is 4.42. The largest absolute Gasteiger partial charge is 0.352 e. The molecule has 1 aromatic rings. The second kappa shape index (κ2) is 6.74. The topological polar surface area (TPSA) is 62.3 Å². The van der Waals surface area contributed by atoms with Gasteiger partial charge in [0.05, 0.1) is 18.8 Å². The Kier molecular flexibility index (Phi) is 5.30. The van der Waals surface area contributed by atoms with Crippen LogP contribution in [0, 0.1) is 0 Å². The van der Waals surface area contributed by atoms with Crippen LogP contribution < -0.4 is 5.32 Å². The van der Waals surface area contributed by atoms with E-state index in [9.17, 15) is 9.59 Å². The van der Waals surface area contributed by atoms with Crippen LogP contribution in [0.4, 0.5) is 0 Å². The van der Waals surface area contributed by atoms with E-state index in [0.717, 1.165) is 5.69 Å². The molecule has 2 amide bonds. The summed E-state index contributed by atoms with van der Waals surface area (Å²) in [7, 11) is 0. The molecule has 5 heteroatoms. The molecule has 18 heavy (non-hydrogen) atoms. The van der Waals surface area contributed by atoms with E-state index in [-0.39, 0.29) is 24.4 Å². The van der Waals surface area contributed by atoms with Gasteiger partial charge in [0, 0.05) is 19.2 Å². The van der Waals surface area contributed by atoms with Gasteiger partial charge in [-0.15, -0.1) is 0 Å². The van der Waals surface area contributed by atoms with Gasteiger partial charge < -0.3 is 10.2 Å². The van der Waals surface area contributed by atoms with E-state index >= 15 is 0 Å². The molecule has 1 heterocycles. The molecule has 0 unspecified atom stereocenters. The number of carbonyl (C=O) groups excluding carboxylic acids is 2. The van der Waals surface area contributed by atoms with Crippen LogP contribution in [-0.4, -0.2) is 34.3 Å². The number of nitrogens with one attached hydrogen (secondary N) is 1. The van der Waals surface area contributed by atoms with Gasteiger partial charge in [0.2, 0.25) is 11.8 Å². The normalized spacial score (nSPS) is 10.2. The first-order chi connectivity index (χ1) is 8.49. The Morgan fingerprint density at radius 1 is 1.39 bits per heavy atom. The summed E-state index contributed by atoms with van der Waals surface area (Å²) in [6.07, 6.45) is 1.67. The zero-order chi connectivity index (χ0) is 13.5. The molecular weight excluding hydrogens is 230 g/mol. The van der Waals surface area contributed by atoms with Gasteiger partial charge in [-0.2, -0.15) is 0 Å². The lowest BCUT2D eigenvalue weighted by Gasteiger charge is -2.20. The molecule has 5 nitrogen and oxygen atoms in total. The molecule has 1 aromatic heterocycles. The van der Waals surface area contributed by atoms with Crippen LogP contribution in [0.15, 0.2) is 24.4 Å². The number of carbonyl (C=O) groups is 2. The van der Waals surface area contributed by atoms with Crippen molar-refractivity contribution in [3.63, 3.8) is 0 Å². The van der Waals surface area contributed by atoms with Crippen molar-refractivity contribution in [3.05, 3.63) is 30.1 Å². The maximum atomic E-state index is 11.6. The Labute approximate surface area is 107 Å². The van der Waals surface area contributed by atoms with E-state index < -0.39 is 0 Å². The summed E-state index contributed by atoms with van der Waals surface area (Å²) < 4.78 is 0. The summed E-state index contributed by atoms with van der Waals surface area (Å²) in [5.74, 6) is -0.296. The van der Waals surface area contributed by atoms with E-state index in [1.165, 1.54) is 11.8 Å². The Hall–Kier alpha value is -1.91. The predicted octanol–water partition coefficient (Wildman–Crippen LogP) is 0.955.